The number of fused-ring (bicyclic) bond motifs is 1. The molecule has 1 aliphatic heterocycles. The SMILES string of the molecule is Cc1ccc2ccccc2c1OC1CCNCC1. The summed E-state index contributed by atoms with van der Waals surface area (Å²) in [5.41, 5.74) is 1.23. The summed E-state index contributed by atoms with van der Waals surface area (Å²) in [6.07, 6.45) is 2.56. The molecule has 2 aromatic rings. The van der Waals surface area contributed by atoms with E-state index < -0.39 is 0 Å². The Hall–Kier alpha value is -1.54. The Labute approximate surface area is 108 Å². The Balaban J connectivity index is 1.96. The predicted octanol–water partition coefficient (Wildman–Crippen LogP) is 3.28. The van der Waals surface area contributed by atoms with Crippen LogP contribution in [0, 0.1) is 6.92 Å². The first-order chi connectivity index (χ1) is 8.84. The van der Waals surface area contributed by atoms with Gasteiger partial charge >= 0.3 is 0 Å². The van der Waals surface area contributed by atoms with E-state index in [1.807, 2.05) is 0 Å². The first kappa shape index (κ1) is 11.5. The third-order valence-electron chi connectivity index (χ3n) is 3.65. The van der Waals surface area contributed by atoms with Crippen molar-refractivity contribution in [2.24, 2.45) is 0 Å². The second-order valence-electron chi connectivity index (χ2n) is 5.00. The van der Waals surface area contributed by atoms with Crippen molar-refractivity contribution in [3.8, 4) is 5.75 Å². The van der Waals surface area contributed by atoms with Crippen molar-refractivity contribution in [3.63, 3.8) is 0 Å². The maximum absolute atomic E-state index is 6.26. The van der Waals surface area contributed by atoms with Gasteiger partial charge in [-0.25, -0.2) is 0 Å². The number of ether oxygens (including phenoxy) is 1. The number of aryl methyl sites for hydroxylation is 1. The fourth-order valence-corrected chi connectivity index (χ4v) is 2.59. The van der Waals surface area contributed by atoms with E-state index in [1.165, 1.54) is 16.3 Å². The molecular weight excluding hydrogens is 222 g/mol. The van der Waals surface area contributed by atoms with Crippen molar-refractivity contribution >= 4 is 10.8 Å². The molecule has 1 heterocycles. The van der Waals surface area contributed by atoms with Crippen LogP contribution in [0.1, 0.15) is 18.4 Å². The van der Waals surface area contributed by atoms with Crippen LogP contribution >= 0.6 is 0 Å². The van der Waals surface area contributed by atoms with Crippen LogP contribution in [0.5, 0.6) is 5.75 Å². The molecule has 1 aliphatic rings. The summed E-state index contributed by atoms with van der Waals surface area (Å²) in [5.74, 6) is 1.07. The molecule has 1 fully saturated rings. The lowest BCUT2D eigenvalue weighted by molar-refractivity contribution is 0.163. The van der Waals surface area contributed by atoms with Gasteiger partial charge in [0.15, 0.2) is 0 Å². The number of hydrogen-bond acceptors (Lipinski definition) is 2. The van der Waals surface area contributed by atoms with Crippen LogP contribution in [-0.2, 0) is 0 Å². The van der Waals surface area contributed by atoms with Gasteiger partial charge in [-0.15, -0.1) is 0 Å². The van der Waals surface area contributed by atoms with Crippen molar-refractivity contribution in [1.29, 1.82) is 0 Å². The van der Waals surface area contributed by atoms with Gasteiger partial charge in [0.1, 0.15) is 11.9 Å². The molecule has 0 unspecified atom stereocenters. The normalized spacial score (nSPS) is 16.9. The number of piperidine rings is 1. The molecule has 94 valence electrons. The molecule has 2 nitrogen and oxygen atoms in total. The molecule has 0 spiro atoms. The minimum atomic E-state index is 0.357. The zero-order chi connectivity index (χ0) is 12.4. The first-order valence-corrected chi connectivity index (χ1v) is 6.70. The Morgan fingerprint density at radius 1 is 1.06 bits per heavy atom. The maximum atomic E-state index is 6.26. The molecule has 3 rings (SSSR count). The first-order valence-electron chi connectivity index (χ1n) is 6.70. The lowest BCUT2D eigenvalue weighted by Gasteiger charge is -2.25. The van der Waals surface area contributed by atoms with E-state index in [1.54, 1.807) is 0 Å². The van der Waals surface area contributed by atoms with E-state index in [-0.39, 0.29) is 0 Å². The van der Waals surface area contributed by atoms with Gasteiger partial charge in [0, 0.05) is 5.39 Å². The summed E-state index contributed by atoms with van der Waals surface area (Å²) >= 11 is 0. The molecule has 0 saturated carbocycles. The van der Waals surface area contributed by atoms with Gasteiger partial charge in [0.25, 0.3) is 0 Å². The molecule has 0 atom stereocenters. The van der Waals surface area contributed by atoms with Crippen molar-refractivity contribution in [1.82, 2.24) is 5.32 Å². The molecule has 0 aromatic heterocycles. The molecular formula is C16H19NO. The molecule has 0 aliphatic carbocycles. The van der Waals surface area contributed by atoms with Crippen LogP contribution in [0.15, 0.2) is 36.4 Å². The summed E-state index contributed by atoms with van der Waals surface area (Å²) in [4.78, 5) is 0. The van der Waals surface area contributed by atoms with E-state index in [2.05, 4.69) is 48.6 Å². The highest BCUT2D eigenvalue weighted by Gasteiger charge is 2.16. The molecule has 0 amide bonds. The largest absolute Gasteiger partial charge is 0.489 e. The smallest absolute Gasteiger partial charge is 0.130 e. The average molecular weight is 241 g/mol. The monoisotopic (exact) mass is 241 g/mol. The zero-order valence-corrected chi connectivity index (χ0v) is 10.8. The van der Waals surface area contributed by atoms with Crippen LogP contribution in [0.4, 0.5) is 0 Å². The van der Waals surface area contributed by atoms with Gasteiger partial charge < -0.3 is 10.1 Å². The minimum absolute atomic E-state index is 0.357. The zero-order valence-electron chi connectivity index (χ0n) is 10.8. The third kappa shape index (κ3) is 2.21. The molecule has 1 saturated heterocycles. The van der Waals surface area contributed by atoms with E-state index in [0.717, 1.165) is 31.7 Å². The summed E-state index contributed by atoms with van der Waals surface area (Å²) in [6.45, 7) is 4.26. The maximum Gasteiger partial charge on any atom is 0.130 e. The molecule has 2 heteroatoms. The Kier molecular flexibility index (Phi) is 3.20. The van der Waals surface area contributed by atoms with Crippen LogP contribution < -0.4 is 10.1 Å². The van der Waals surface area contributed by atoms with E-state index >= 15 is 0 Å². The topological polar surface area (TPSA) is 21.3 Å². The number of hydrogen-bond donors (Lipinski definition) is 1. The molecule has 1 N–H and O–H groups in total. The number of nitrogens with one attached hydrogen (secondary N) is 1. The van der Waals surface area contributed by atoms with Crippen molar-refractivity contribution in [2.45, 2.75) is 25.9 Å². The van der Waals surface area contributed by atoms with Crippen LogP contribution in [0.3, 0.4) is 0 Å². The van der Waals surface area contributed by atoms with Crippen molar-refractivity contribution in [2.75, 3.05) is 13.1 Å². The highest BCUT2D eigenvalue weighted by molar-refractivity contribution is 5.89. The number of rotatable bonds is 2. The van der Waals surface area contributed by atoms with Gasteiger partial charge in [-0.3, -0.25) is 0 Å². The van der Waals surface area contributed by atoms with Crippen LogP contribution in [-0.4, -0.2) is 19.2 Å². The highest BCUT2D eigenvalue weighted by Crippen LogP contribution is 2.31. The lowest BCUT2D eigenvalue weighted by Crippen LogP contribution is -2.34. The number of benzene rings is 2. The van der Waals surface area contributed by atoms with Crippen LogP contribution in [0.25, 0.3) is 10.8 Å². The second-order valence-corrected chi connectivity index (χ2v) is 5.00. The fraction of sp³-hybridized carbons (Fsp3) is 0.375. The summed E-state index contributed by atoms with van der Waals surface area (Å²) in [5, 5.41) is 5.86. The average Bonchev–Trinajstić information content (AvgIpc) is 2.43. The molecule has 0 radical (unpaired) electrons. The summed E-state index contributed by atoms with van der Waals surface area (Å²) in [6, 6.07) is 12.8. The van der Waals surface area contributed by atoms with E-state index in [9.17, 15) is 0 Å². The molecule has 0 bridgehead atoms. The van der Waals surface area contributed by atoms with Gasteiger partial charge in [0.2, 0.25) is 0 Å². The predicted molar refractivity (Wildman–Crippen MR) is 75.2 cm³/mol. The summed E-state index contributed by atoms with van der Waals surface area (Å²) < 4.78 is 6.26. The van der Waals surface area contributed by atoms with Gasteiger partial charge in [0.05, 0.1) is 0 Å². The third-order valence-corrected chi connectivity index (χ3v) is 3.65. The van der Waals surface area contributed by atoms with Gasteiger partial charge in [-0.05, 0) is 43.8 Å². The Bertz CT molecular complexity index is 544. The second kappa shape index (κ2) is 4.99. The fourth-order valence-electron chi connectivity index (χ4n) is 2.59. The summed E-state index contributed by atoms with van der Waals surface area (Å²) in [7, 11) is 0. The Morgan fingerprint density at radius 3 is 2.67 bits per heavy atom. The highest BCUT2D eigenvalue weighted by atomic mass is 16.5. The Morgan fingerprint density at radius 2 is 1.83 bits per heavy atom. The molecule has 2 aromatic carbocycles. The standard InChI is InChI=1S/C16H19NO/c1-12-6-7-13-4-2-3-5-15(13)16(12)18-14-8-10-17-11-9-14/h2-7,14,17H,8-11H2,1H3. The van der Waals surface area contributed by atoms with Gasteiger partial charge in [-0.2, -0.15) is 0 Å². The quantitative estimate of drug-likeness (QED) is 0.871. The van der Waals surface area contributed by atoms with Gasteiger partial charge in [-0.1, -0.05) is 36.4 Å². The lowest BCUT2D eigenvalue weighted by atomic mass is 10.1. The van der Waals surface area contributed by atoms with Crippen LogP contribution in [0.2, 0.25) is 0 Å². The van der Waals surface area contributed by atoms with E-state index in [0.29, 0.717) is 6.10 Å². The van der Waals surface area contributed by atoms with Crippen molar-refractivity contribution in [3.05, 3.63) is 42.0 Å². The van der Waals surface area contributed by atoms with E-state index in [4.69, 9.17) is 4.74 Å². The minimum Gasteiger partial charge on any atom is -0.489 e. The van der Waals surface area contributed by atoms with Crippen molar-refractivity contribution < 1.29 is 4.74 Å². The molecule has 18 heavy (non-hydrogen) atoms.